The van der Waals surface area contributed by atoms with Gasteiger partial charge in [0.2, 0.25) is 0 Å². The second-order valence-electron chi connectivity index (χ2n) is 4.02. The van der Waals surface area contributed by atoms with Gasteiger partial charge in [-0.15, -0.1) is 0 Å². The molecule has 19 heavy (non-hydrogen) atoms. The molecule has 98 valence electrons. The molecule has 0 radical (unpaired) electrons. The average molecular weight is 265 g/mol. The molecule has 0 aliphatic rings. The predicted molar refractivity (Wildman–Crippen MR) is 63.6 cm³/mol. The first kappa shape index (κ1) is 13.3. The fourth-order valence-corrected chi connectivity index (χ4v) is 1.82. The molecule has 1 heterocycles. The van der Waals surface area contributed by atoms with Gasteiger partial charge in [-0.2, -0.15) is 13.2 Å². The Labute approximate surface area is 107 Å². The SMILES string of the molecule is O=CC(c1cccnc1)c1cccc(C(F)(F)F)c1. The van der Waals surface area contributed by atoms with Gasteiger partial charge in [-0.1, -0.05) is 24.3 Å². The first-order valence-corrected chi connectivity index (χ1v) is 5.55. The van der Waals surface area contributed by atoms with E-state index in [1.54, 1.807) is 12.1 Å². The Morgan fingerprint density at radius 1 is 1.11 bits per heavy atom. The minimum atomic E-state index is -4.42. The van der Waals surface area contributed by atoms with Crippen LogP contribution in [-0.2, 0) is 11.0 Å². The summed E-state index contributed by atoms with van der Waals surface area (Å²) in [5, 5.41) is 0. The fraction of sp³-hybridized carbons (Fsp3) is 0.143. The van der Waals surface area contributed by atoms with Crippen LogP contribution in [0, 0.1) is 0 Å². The first-order valence-electron chi connectivity index (χ1n) is 5.55. The molecule has 5 heteroatoms. The Bertz CT molecular complexity index is 566. The van der Waals surface area contributed by atoms with E-state index in [9.17, 15) is 18.0 Å². The lowest BCUT2D eigenvalue weighted by atomic mass is 9.92. The maximum Gasteiger partial charge on any atom is 0.416 e. The summed E-state index contributed by atoms with van der Waals surface area (Å²) >= 11 is 0. The summed E-state index contributed by atoms with van der Waals surface area (Å²) in [6, 6.07) is 8.07. The van der Waals surface area contributed by atoms with Crippen LogP contribution in [0.1, 0.15) is 22.6 Å². The van der Waals surface area contributed by atoms with Crippen LogP contribution in [0.2, 0.25) is 0 Å². The van der Waals surface area contributed by atoms with Crippen molar-refractivity contribution in [2.24, 2.45) is 0 Å². The molecule has 1 aromatic heterocycles. The number of pyridine rings is 1. The van der Waals surface area contributed by atoms with Crippen LogP contribution in [0.15, 0.2) is 48.8 Å². The van der Waals surface area contributed by atoms with Gasteiger partial charge in [0, 0.05) is 12.4 Å². The van der Waals surface area contributed by atoms with E-state index in [0.717, 1.165) is 12.1 Å². The first-order chi connectivity index (χ1) is 9.02. The molecule has 2 rings (SSSR count). The molecule has 1 atom stereocenters. The van der Waals surface area contributed by atoms with Gasteiger partial charge in [-0.3, -0.25) is 4.98 Å². The lowest BCUT2D eigenvalue weighted by molar-refractivity contribution is -0.137. The van der Waals surface area contributed by atoms with Crippen LogP contribution in [0.25, 0.3) is 0 Å². The van der Waals surface area contributed by atoms with E-state index in [1.807, 2.05) is 0 Å². The number of aromatic nitrogens is 1. The molecule has 0 fully saturated rings. The monoisotopic (exact) mass is 265 g/mol. The molecule has 0 aliphatic heterocycles. The van der Waals surface area contributed by atoms with Crippen LogP contribution in [0.3, 0.4) is 0 Å². The molecule has 0 saturated carbocycles. The number of aldehydes is 1. The molecule has 0 bridgehead atoms. The summed E-state index contributed by atoms with van der Waals surface area (Å²) in [4.78, 5) is 15.0. The third-order valence-electron chi connectivity index (χ3n) is 2.75. The average Bonchev–Trinajstić information content (AvgIpc) is 2.40. The van der Waals surface area contributed by atoms with Crippen molar-refractivity contribution >= 4 is 6.29 Å². The van der Waals surface area contributed by atoms with Crippen molar-refractivity contribution in [1.82, 2.24) is 4.98 Å². The van der Waals surface area contributed by atoms with Crippen LogP contribution in [0.5, 0.6) is 0 Å². The maximum atomic E-state index is 12.6. The molecule has 0 amide bonds. The summed E-state index contributed by atoms with van der Waals surface area (Å²) in [6.07, 6.45) is -0.790. The van der Waals surface area contributed by atoms with E-state index < -0.39 is 17.7 Å². The minimum absolute atomic E-state index is 0.304. The standard InChI is InChI=1S/C14H10F3NO/c15-14(16,17)12-5-1-3-10(7-12)13(9-19)11-4-2-6-18-8-11/h1-9,13H. The lowest BCUT2D eigenvalue weighted by Crippen LogP contribution is -2.08. The summed E-state index contributed by atoms with van der Waals surface area (Å²) in [5.74, 6) is -0.740. The number of halogens is 3. The van der Waals surface area contributed by atoms with Crippen LogP contribution in [0.4, 0.5) is 13.2 Å². The summed E-state index contributed by atoms with van der Waals surface area (Å²) in [7, 11) is 0. The number of hydrogen-bond acceptors (Lipinski definition) is 2. The molecule has 2 aromatic rings. The number of alkyl halides is 3. The molecule has 0 aliphatic carbocycles. The van der Waals surface area contributed by atoms with Gasteiger partial charge < -0.3 is 4.79 Å². The van der Waals surface area contributed by atoms with Crippen LogP contribution < -0.4 is 0 Å². The van der Waals surface area contributed by atoms with Crippen molar-refractivity contribution in [1.29, 1.82) is 0 Å². The van der Waals surface area contributed by atoms with Gasteiger partial charge in [-0.25, -0.2) is 0 Å². The zero-order chi connectivity index (χ0) is 13.9. The van der Waals surface area contributed by atoms with Crippen LogP contribution >= 0.6 is 0 Å². The van der Waals surface area contributed by atoms with Gasteiger partial charge in [0.1, 0.15) is 6.29 Å². The normalized spacial score (nSPS) is 13.0. The molecule has 0 saturated heterocycles. The van der Waals surface area contributed by atoms with Crippen molar-refractivity contribution < 1.29 is 18.0 Å². The minimum Gasteiger partial charge on any atom is -0.302 e. The Morgan fingerprint density at radius 2 is 1.84 bits per heavy atom. The lowest BCUT2D eigenvalue weighted by Gasteiger charge is -2.13. The van der Waals surface area contributed by atoms with E-state index in [1.165, 1.54) is 24.5 Å². The maximum absolute atomic E-state index is 12.6. The number of hydrogen-bond donors (Lipinski definition) is 0. The van der Waals surface area contributed by atoms with Gasteiger partial charge in [0.25, 0.3) is 0 Å². The van der Waals surface area contributed by atoms with Gasteiger partial charge >= 0.3 is 6.18 Å². The highest BCUT2D eigenvalue weighted by Gasteiger charge is 2.31. The zero-order valence-corrected chi connectivity index (χ0v) is 9.76. The third-order valence-corrected chi connectivity index (χ3v) is 2.75. The topological polar surface area (TPSA) is 30.0 Å². The number of benzene rings is 1. The second-order valence-corrected chi connectivity index (χ2v) is 4.02. The highest BCUT2D eigenvalue weighted by atomic mass is 19.4. The van der Waals surface area contributed by atoms with Gasteiger partial charge in [0.15, 0.2) is 0 Å². The Morgan fingerprint density at radius 3 is 2.42 bits per heavy atom. The van der Waals surface area contributed by atoms with Crippen LogP contribution in [-0.4, -0.2) is 11.3 Å². The van der Waals surface area contributed by atoms with Crippen molar-refractivity contribution in [3.05, 3.63) is 65.5 Å². The number of nitrogens with zero attached hydrogens (tertiary/aromatic N) is 1. The Kier molecular flexibility index (Phi) is 3.64. The van der Waals surface area contributed by atoms with Gasteiger partial charge in [-0.05, 0) is 23.3 Å². The third kappa shape index (κ3) is 2.99. The zero-order valence-electron chi connectivity index (χ0n) is 9.76. The van der Waals surface area contributed by atoms with E-state index in [0.29, 0.717) is 17.4 Å². The van der Waals surface area contributed by atoms with Crippen molar-refractivity contribution in [2.75, 3.05) is 0 Å². The van der Waals surface area contributed by atoms with E-state index >= 15 is 0 Å². The fourth-order valence-electron chi connectivity index (χ4n) is 1.82. The predicted octanol–water partition coefficient (Wildman–Crippen LogP) is 3.43. The van der Waals surface area contributed by atoms with Crippen molar-refractivity contribution in [3.63, 3.8) is 0 Å². The molecule has 1 unspecified atom stereocenters. The second kappa shape index (κ2) is 5.22. The summed E-state index contributed by atoms with van der Waals surface area (Å²) in [6.45, 7) is 0. The summed E-state index contributed by atoms with van der Waals surface area (Å²) in [5.41, 5.74) is 0.107. The van der Waals surface area contributed by atoms with E-state index in [2.05, 4.69) is 4.98 Å². The van der Waals surface area contributed by atoms with E-state index in [4.69, 9.17) is 0 Å². The molecule has 0 spiro atoms. The Hall–Kier alpha value is -2.17. The highest BCUT2D eigenvalue weighted by molar-refractivity contribution is 5.68. The number of carbonyl (C=O) groups is 1. The Balaban J connectivity index is 2.43. The molecule has 1 aromatic carbocycles. The van der Waals surface area contributed by atoms with Gasteiger partial charge in [0.05, 0.1) is 11.5 Å². The number of carbonyl (C=O) groups excluding carboxylic acids is 1. The number of rotatable bonds is 3. The molecular formula is C14H10F3NO. The van der Waals surface area contributed by atoms with Crippen molar-refractivity contribution in [2.45, 2.75) is 12.1 Å². The summed E-state index contributed by atoms with van der Waals surface area (Å²) < 4.78 is 37.9. The molecule has 0 N–H and O–H groups in total. The smallest absolute Gasteiger partial charge is 0.302 e. The van der Waals surface area contributed by atoms with Crippen molar-refractivity contribution in [3.8, 4) is 0 Å². The largest absolute Gasteiger partial charge is 0.416 e. The highest BCUT2D eigenvalue weighted by Crippen LogP contribution is 2.32. The molecule has 2 nitrogen and oxygen atoms in total. The van der Waals surface area contributed by atoms with E-state index in [-0.39, 0.29) is 0 Å². The molecular weight excluding hydrogens is 255 g/mol. The quantitative estimate of drug-likeness (QED) is 0.796.